The number of ether oxygens (including phenoxy) is 1. The van der Waals surface area contributed by atoms with Gasteiger partial charge in [0.2, 0.25) is 10.0 Å². The van der Waals surface area contributed by atoms with Crippen molar-refractivity contribution in [3.8, 4) is 11.4 Å². The van der Waals surface area contributed by atoms with Gasteiger partial charge in [-0.15, -0.1) is 13.2 Å². The molecule has 0 spiro atoms. The summed E-state index contributed by atoms with van der Waals surface area (Å²) in [6, 6.07) is 12.4. The monoisotopic (exact) mass is 385 g/mol. The van der Waals surface area contributed by atoms with E-state index in [2.05, 4.69) is 14.6 Å². The fraction of sp³-hybridized carbons (Fsp3) is 0.188. The number of fused-ring (bicyclic) bond motifs is 1. The molecule has 1 aromatic heterocycles. The summed E-state index contributed by atoms with van der Waals surface area (Å²) in [5, 5.41) is 5.13. The third-order valence-corrected chi connectivity index (χ3v) is 4.15. The highest BCUT2D eigenvalue weighted by molar-refractivity contribution is 7.88. The zero-order chi connectivity index (χ0) is 18.9. The van der Waals surface area contributed by atoms with Crippen LogP contribution in [-0.2, 0) is 16.6 Å². The van der Waals surface area contributed by atoms with E-state index in [1.165, 1.54) is 28.9 Å². The van der Waals surface area contributed by atoms with E-state index in [0.29, 0.717) is 16.9 Å². The second kappa shape index (κ2) is 6.61. The summed E-state index contributed by atoms with van der Waals surface area (Å²) in [4.78, 5) is 0. The molecule has 0 atom stereocenters. The molecular formula is C16H14F3N3O3S. The Morgan fingerprint density at radius 1 is 1.12 bits per heavy atom. The van der Waals surface area contributed by atoms with Gasteiger partial charge in [-0.2, -0.15) is 5.10 Å². The molecule has 1 N–H and O–H groups in total. The van der Waals surface area contributed by atoms with E-state index in [4.69, 9.17) is 0 Å². The molecule has 1 heterocycles. The van der Waals surface area contributed by atoms with Crippen LogP contribution >= 0.6 is 0 Å². The van der Waals surface area contributed by atoms with Crippen LogP contribution in [0, 0.1) is 0 Å². The number of hydrogen-bond donors (Lipinski definition) is 1. The summed E-state index contributed by atoms with van der Waals surface area (Å²) in [5.74, 6) is -0.336. The number of sulfonamides is 1. The molecule has 0 aliphatic heterocycles. The Kier molecular flexibility index (Phi) is 4.63. The molecule has 0 aliphatic carbocycles. The van der Waals surface area contributed by atoms with Crippen molar-refractivity contribution in [1.29, 1.82) is 0 Å². The van der Waals surface area contributed by atoms with Crippen LogP contribution in [0.2, 0.25) is 0 Å². The first-order chi connectivity index (χ1) is 12.1. The van der Waals surface area contributed by atoms with E-state index in [-0.39, 0.29) is 12.3 Å². The SMILES string of the molecule is CS(=O)(=O)NCc1nn(-c2ccc(OC(F)(F)F)cc2)c2ccccc12. The lowest BCUT2D eigenvalue weighted by Crippen LogP contribution is -2.21. The molecule has 3 rings (SSSR count). The van der Waals surface area contributed by atoms with Crippen molar-refractivity contribution in [2.75, 3.05) is 6.26 Å². The molecule has 26 heavy (non-hydrogen) atoms. The standard InChI is InChI=1S/C16H14F3N3O3S/c1-26(23,24)20-10-14-13-4-2-3-5-15(13)22(21-14)11-6-8-12(9-7-11)25-16(17,18)19/h2-9,20H,10H2,1H3. The van der Waals surface area contributed by atoms with Crippen LogP contribution in [0.5, 0.6) is 5.75 Å². The number of nitrogens with zero attached hydrogens (tertiary/aromatic N) is 2. The average Bonchev–Trinajstić information content (AvgIpc) is 2.91. The third-order valence-electron chi connectivity index (χ3n) is 3.48. The molecule has 0 saturated carbocycles. The van der Waals surface area contributed by atoms with Crippen LogP contribution in [0.4, 0.5) is 13.2 Å². The van der Waals surface area contributed by atoms with Gasteiger partial charge in [0.25, 0.3) is 0 Å². The van der Waals surface area contributed by atoms with E-state index >= 15 is 0 Å². The summed E-state index contributed by atoms with van der Waals surface area (Å²) in [6.45, 7) is 0.00160. The Hall–Kier alpha value is -2.59. The van der Waals surface area contributed by atoms with E-state index in [1.807, 2.05) is 0 Å². The third kappa shape index (κ3) is 4.33. The Morgan fingerprint density at radius 3 is 2.38 bits per heavy atom. The molecule has 2 aromatic carbocycles. The number of halogens is 3. The Morgan fingerprint density at radius 2 is 1.77 bits per heavy atom. The number of alkyl halides is 3. The number of benzene rings is 2. The van der Waals surface area contributed by atoms with Gasteiger partial charge in [-0.1, -0.05) is 18.2 Å². The summed E-state index contributed by atoms with van der Waals surface area (Å²) in [5.41, 5.74) is 1.71. The topological polar surface area (TPSA) is 73.2 Å². The Balaban J connectivity index is 1.97. The highest BCUT2D eigenvalue weighted by Gasteiger charge is 2.31. The predicted molar refractivity (Wildman–Crippen MR) is 89.4 cm³/mol. The van der Waals surface area contributed by atoms with Gasteiger partial charge in [0.05, 0.1) is 29.7 Å². The van der Waals surface area contributed by atoms with Crippen LogP contribution < -0.4 is 9.46 Å². The van der Waals surface area contributed by atoms with Gasteiger partial charge in [0, 0.05) is 5.39 Å². The zero-order valence-corrected chi connectivity index (χ0v) is 14.3. The van der Waals surface area contributed by atoms with E-state index in [0.717, 1.165) is 11.6 Å². The minimum absolute atomic E-state index is 0.00160. The first-order valence-corrected chi connectivity index (χ1v) is 9.29. The van der Waals surface area contributed by atoms with Crippen molar-refractivity contribution in [1.82, 2.24) is 14.5 Å². The van der Waals surface area contributed by atoms with Gasteiger partial charge < -0.3 is 4.74 Å². The summed E-state index contributed by atoms with van der Waals surface area (Å²) in [6.07, 6.45) is -3.71. The molecule has 0 amide bonds. The van der Waals surface area contributed by atoms with E-state index < -0.39 is 16.4 Å². The van der Waals surface area contributed by atoms with Crippen molar-refractivity contribution in [2.24, 2.45) is 0 Å². The Labute approximate surface area is 147 Å². The quantitative estimate of drug-likeness (QED) is 0.733. The Bertz CT molecular complexity index is 1030. The first-order valence-electron chi connectivity index (χ1n) is 7.40. The van der Waals surface area contributed by atoms with Gasteiger partial charge in [-0.3, -0.25) is 0 Å². The summed E-state index contributed by atoms with van der Waals surface area (Å²) >= 11 is 0. The second-order valence-corrected chi connectivity index (χ2v) is 7.34. The minimum Gasteiger partial charge on any atom is -0.406 e. The number of rotatable bonds is 5. The molecule has 0 bridgehead atoms. The molecule has 0 saturated heterocycles. The maximum atomic E-state index is 12.3. The number of nitrogens with one attached hydrogen (secondary N) is 1. The molecular weight excluding hydrogens is 371 g/mol. The minimum atomic E-state index is -4.76. The summed E-state index contributed by atoms with van der Waals surface area (Å²) < 4.78 is 67.2. The van der Waals surface area contributed by atoms with Crippen LogP contribution in [-0.4, -0.2) is 30.8 Å². The lowest BCUT2D eigenvalue weighted by molar-refractivity contribution is -0.274. The maximum absolute atomic E-state index is 12.3. The van der Waals surface area contributed by atoms with Crippen LogP contribution in [0.1, 0.15) is 5.69 Å². The van der Waals surface area contributed by atoms with Crippen molar-refractivity contribution in [3.05, 3.63) is 54.2 Å². The fourth-order valence-corrected chi connectivity index (χ4v) is 2.85. The largest absolute Gasteiger partial charge is 0.573 e. The molecule has 0 aliphatic rings. The van der Waals surface area contributed by atoms with Gasteiger partial charge in [-0.25, -0.2) is 17.8 Å². The highest BCUT2D eigenvalue weighted by Crippen LogP contribution is 2.26. The van der Waals surface area contributed by atoms with Crippen LogP contribution in [0.15, 0.2) is 48.5 Å². The van der Waals surface area contributed by atoms with Crippen LogP contribution in [0.3, 0.4) is 0 Å². The molecule has 6 nitrogen and oxygen atoms in total. The lowest BCUT2D eigenvalue weighted by Gasteiger charge is -2.09. The number of aromatic nitrogens is 2. The lowest BCUT2D eigenvalue weighted by atomic mass is 10.2. The van der Waals surface area contributed by atoms with E-state index in [9.17, 15) is 21.6 Å². The van der Waals surface area contributed by atoms with Crippen molar-refractivity contribution < 1.29 is 26.3 Å². The zero-order valence-electron chi connectivity index (χ0n) is 13.5. The van der Waals surface area contributed by atoms with Crippen molar-refractivity contribution >= 4 is 20.9 Å². The van der Waals surface area contributed by atoms with Crippen molar-refractivity contribution in [3.63, 3.8) is 0 Å². The number of para-hydroxylation sites is 1. The maximum Gasteiger partial charge on any atom is 0.573 e. The second-order valence-electron chi connectivity index (χ2n) is 5.51. The number of hydrogen-bond acceptors (Lipinski definition) is 4. The molecule has 0 fully saturated rings. The normalized spacial score (nSPS) is 12.5. The smallest absolute Gasteiger partial charge is 0.406 e. The molecule has 10 heteroatoms. The van der Waals surface area contributed by atoms with Gasteiger partial charge in [0.1, 0.15) is 5.75 Å². The van der Waals surface area contributed by atoms with Crippen molar-refractivity contribution in [2.45, 2.75) is 12.9 Å². The summed E-state index contributed by atoms with van der Waals surface area (Å²) in [7, 11) is -3.39. The average molecular weight is 385 g/mol. The molecule has 138 valence electrons. The predicted octanol–water partition coefficient (Wildman–Crippen LogP) is 2.97. The van der Waals surface area contributed by atoms with Crippen LogP contribution in [0.25, 0.3) is 16.6 Å². The molecule has 0 radical (unpaired) electrons. The van der Waals surface area contributed by atoms with Gasteiger partial charge in [0.15, 0.2) is 0 Å². The van der Waals surface area contributed by atoms with E-state index in [1.54, 1.807) is 24.3 Å². The first kappa shape index (κ1) is 18.2. The van der Waals surface area contributed by atoms with Gasteiger partial charge in [-0.05, 0) is 30.3 Å². The molecule has 0 unspecified atom stereocenters. The fourth-order valence-electron chi connectivity index (χ4n) is 2.45. The molecule has 3 aromatic rings. The highest BCUT2D eigenvalue weighted by atomic mass is 32.2. The van der Waals surface area contributed by atoms with Gasteiger partial charge >= 0.3 is 6.36 Å².